The smallest absolute Gasteiger partial charge is 0.240 e. The van der Waals surface area contributed by atoms with Gasteiger partial charge in [-0.1, -0.05) is 5.16 Å². The van der Waals surface area contributed by atoms with Gasteiger partial charge in [-0.3, -0.25) is 0 Å². The number of rotatable bonds is 5. The first-order chi connectivity index (χ1) is 9.42. The molecule has 0 unspecified atom stereocenters. The molecule has 1 aromatic carbocycles. The number of nitrogens with zero attached hydrogens (tertiary/aromatic N) is 1. The minimum absolute atomic E-state index is 0.124. The molecular weight excluding hydrogens is 280 g/mol. The number of sulfonamides is 1. The molecule has 0 radical (unpaired) electrons. The fourth-order valence-electron chi connectivity index (χ4n) is 1.67. The number of nitrogens with one attached hydrogen (secondary N) is 2. The summed E-state index contributed by atoms with van der Waals surface area (Å²) < 4.78 is 30.6. The number of benzene rings is 1. The first kappa shape index (κ1) is 14.4. The molecule has 108 valence electrons. The molecule has 1 heterocycles. The molecule has 0 amide bonds. The second-order valence-electron chi connectivity index (χ2n) is 4.24. The largest absolute Gasteiger partial charge is 0.397 e. The maximum atomic E-state index is 11.6. The van der Waals surface area contributed by atoms with Crippen molar-refractivity contribution in [2.75, 3.05) is 18.1 Å². The van der Waals surface area contributed by atoms with Crippen molar-refractivity contribution in [3.63, 3.8) is 0 Å². The number of nitrogen functional groups attached to an aromatic ring is 1. The Labute approximate surface area is 117 Å². The molecule has 8 heteroatoms. The van der Waals surface area contributed by atoms with E-state index in [9.17, 15) is 8.42 Å². The Morgan fingerprint density at radius 2 is 2.10 bits per heavy atom. The van der Waals surface area contributed by atoms with Gasteiger partial charge in [0.1, 0.15) is 0 Å². The third-order valence-electron chi connectivity index (χ3n) is 2.73. The predicted octanol–water partition coefficient (Wildman–Crippen LogP) is 1.09. The maximum absolute atomic E-state index is 11.6. The number of aryl methyl sites for hydroxylation is 1. The fraction of sp³-hybridized carbons (Fsp3) is 0.250. The summed E-state index contributed by atoms with van der Waals surface area (Å²) in [5.41, 5.74) is 7.62. The Bertz CT molecular complexity index is 709. The third-order valence-corrected chi connectivity index (χ3v) is 4.14. The summed E-state index contributed by atoms with van der Waals surface area (Å²) in [6.45, 7) is 2.25. The Kier molecular flexibility index (Phi) is 3.96. The van der Waals surface area contributed by atoms with E-state index in [0.717, 1.165) is 5.69 Å². The van der Waals surface area contributed by atoms with Gasteiger partial charge in [0, 0.05) is 6.07 Å². The van der Waals surface area contributed by atoms with E-state index in [4.69, 9.17) is 10.3 Å². The molecule has 0 spiro atoms. The van der Waals surface area contributed by atoms with Crippen LogP contribution in [-0.2, 0) is 16.6 Å². The zero-order valence-corrected chi connectivity index (χ0v) is 12.0. The van der Waals surface area contributed by atoms with E-state index in [1.165, 1.54) is 19.2 Å². The standard InChI is InChI=1S/C12H16N4O3S/c1-8-5-9(19-16-8)7-15-12-4-3-10(6-11(12)13)20(17,18)14-2/h3-6,14-15H,7,13H2,1-2H3. The van der Waals surface area contributed by atoms with E-state index in [-0.39, 0.29) is 4.90 Å². The van der Waals surface area contributed by atoms with Crippen molar-refractivity contribution >= 4 is 21.4 Å². The lowest BCUT2D eigenvalue weighted by atomic mass is 10.2. The summed E-state index contributed by atoms with van der Waals surface area (Å²) in [6, 6.07) is 6.31. The van der Waals surface area contributed by atoms with Crippen LogP contribution >= 0.6 is 0 Å². The summed E-state index contributed by atoms with van der Waals surface area (Å²) >= 11 is 0. The van der Waals surface area contributed by atoms with Gasteiger partial charge in [0.05, 0.1) is 28.5 Å². The molecule has 0 aliphatic rings. The molecule has 0 bridgehead atoms. The van der Waals surface area contributed by atoms with Gasteiger partial charge in [0.15, 0.2) is 5.76 Å². The lowest BCUT2D eigenvalue weighted by molar-refractivity contribution is 0.384. The van der Waals surface area contributed by atoms with E-state index < -0.39 is 10.0 Å². The zero-order valence-electron chi connectivity index (χ0n) is 11.2. The second kappa shape index (κ2) is 5.51. The van der Waals surface area contributed by atoms with Gasteiger partial charge in [0.2, 0.25) is 10.0 Å². The maximum Gasteiger partial charge on any atom is 0.240 e. The monoisotopic (exact) mass is 296 g/mol. The van der Waals surface area contributed by atoms with Gasteiger partial charge in [-0.2, -0.15) is 0 Å². The van der Waals surface area contributed by atoms with Crippen molar-refractivity contribution in [2.24, 2.45) is 0 Å². The van der Waals surface area contributed by atoms with Crippen LogP contribution in [0.4, 0.5) is 11.4 Å². The van der Waals surface area contributed by atoms with Crippen LogP contribution in [0.1, 0.15) is 11.5 Å². The van der Waals surface area contributed by atoms with E-state index in [0.29, 0.717) is 23.7 Å². The first-order valence-corrected chi connectivity index (χ1v) is 7.40. The van der Waals surface area contributed by atoms with Gasteiger partial charge in [-0.05, 0) is 32.2 Å². The highest BCUT2D eigenvalue weighted by molar-refractivity contribution is 7.89. The van der Waals surface area contributed by atoms with Crippen molar-refractivity contribution in [1.29, 1.82) is 0 Å². The average molecular weight is 296 g/mol. The number of hydrogen-bond acceptors (Lipinski definition) is 6. The van der Waals surface area contributed by atoms with Crippen molar-refractivity contribution in [1.82, 2.24) is 9.88 Å². The normalized spacial score (nSPS) is 11.5. The van der Waals surface area contributed by atoms with Crippen LogP contribution in [0.15, 0.2) is 33.7 Å². The number of aromatic nitrogens is 1. The van der Waals surface area contributed by atoms with Crippen LogP contribution in [0, 0.1) is 6.92 Å². The summed E-state index contributed by atoms with van der Waals surface area (Å²) in [4.78, 5) is 0.124. The summed E-state index contributed by atoms with van der Waals surface area (Å²) in [7, 11) is -2.14. The van der Waals surface area contributed by atoms with Gasteiger partial charge in [-0.25, -0.2) is 13.1 Å². The molecule has 4 N–H and O–H groups in total. The number of hydrogen-bond donors (Lipinski definition) is 3. The van der Waals surface area contributed by atoms with Crippen LogP contribution in [0.2, 0.25) is 0 Å². The van der Waals surface area contributed by atoms with Crippen LogP contribution in [-0.4, -0.2) is 20.6 Å². The van der Waals surface area contributed by atoms with E-state index in [1.54, 1.807) is 6.07 Å². The highest BCUT2D eigenvalue weighted by Crippen LogP contribution is 2.23. The van der Waals surface area contributed by atoms with Gasteiger partial charge in [-0.15, -0.1) is 0 Å². The highest BCUT2D eigenvalue weighted by Gasteiger charge is 2.13. The molecule has 0 saturated carbocycles. The Morgan fingerprint density at radius 1 is 1.35 bits per heavy atom. The fourth-order valence-corrected chi connectivity index (χ4v) is 2.43. The summed E-state index contributed by atoms with van der Waals surface area (Å²) in [5, 5.41) is 6.84. The Morgan fingerprint density at radius 3 is 2.65 bits per heavy atom. The van der Waals surface area contributed by atoms with E-state index in [1.807, 2.05) is 13.0 Å². The van der Waals surface area contributed by atoms with Crippen molar-refractivity contribution in [3.8, 4) is 0 Å². The minimum atomic E-state index is -3.49. The van der Waals surface area contributed by atoms with Crippen LogP contribution in [0.3, 0.4) is 0 Å². The zero-order chi connectivity index (χ0) is 14.8. The molecule has 2 aromatic rings. The molecular formula is C12H16N4O3S. The topological polar surface area (TPSA) is 110 Å². The van der Waals surface area contributed by atoms with Gasteiger partial charge < -0.3 is 15.6 Å². The minimum Gasteiger partial charge on any atom is -0.397 e. The van der Waals surface area contributed by atoms with Crippen LogP contribution < -0.4 is 15.8 Å². The first-order valence-electron chi connectivity index (χ1n) is 5.91. The molecule has 0 aliphatic heterocycles. The SMILES string of the molecule is CNS(=O)(=O)c1ccc(NCc2cc(C)no2)c(N)c1. The van der Waals surface area contributed by atoms with Crippen molar-refractivity contribution in [2.45, 2.75) is 18.4 Å². The van der Waals surface area contributed by atoms with Gasteiger partial charge in [0.25, 0.3) is 0 Å². The lowest BCUT2D eigenvalue weighted by Crippen LogP contribution is -2.18. The molecule has 2 rings (SSSR count). The third kappa shape index (κ3) is 3.09. The number of nitrogens with two attached hydrogens (primary N) is 1. The van der Waals surface area contributed by atoms with Crippen LogP contribution in [0.25, 0.3) is 0 Å². The average Bonchev–Trinajstić information content (AvgIpc) is 2.83. The quantitative estimate of drug-likeness (QED) is 0.712. The second-order valence-corrected chi connectivity index (χ2v) is 6.13. The summed E-state index contributed by atoms with van der Waals surface area (Å²) in [6.07, 6.45) is 0. The highest BCUT2D eigenvalue weighted by atomic mass is 32.2. The number of anilines is 2. The molecule has 20 heavy (non-hydrogen) atoms. The van der Waals surface area contributed by atoms with Gasteiger partial charge >= 0.3 is 0 Å². The van der Waals surface area contributed by atoms with Crippen molar-refractivity contribution < 1.29 is 12.9 Å². The Balaban J connectivity index is 2.14. The predicted molar refractivity (Wildman–Crippen MR) is 75.7 cm³/mol. The van der Waals surface area contributed by atoms with Crippen LogP contribution in [0.5, 0.6) is 0 Å². The molecule has 0 atom stereocenters. The van der Waals surface area contributed by atoms with E-state index >= 15 is 0 Å². The molecule has 0 saturated heterocycles. The Hall–Kier alpha value is -2.06. The molecule has 0 fully saturated rings. The molecule has 0 aliphatic carbocycles. The molecule has 1 aromatic heterocycles. The lowest BCUT2D eigenvalue weighted by Gasteiger charge is -2.09. The van der Waals surface area contributed by atoms with E-state index in [2.05, 4.69) is 15.2 Å². The summed E-state index contributed by atoms with van der Waals surface area (Å²) in [5.74, 6) is 0.675. The molecule has 7 nitrogen and oxygen atoms in total. The van der Waals surface area contributed by atoms with Crippen molar-refractivity contribution in [3.05, 3.63) is 35.7 Å².